The summed E-state index contributed by atoms with van der Waals surface area (Å²) in [5.41, 5.74) is 0.705. The number of sulfonamides is 2. The summed E-state index contributed by atoms with van der Waals surface area (Å²) in [6.45, 7) is 0. The van der Waals surface area contributed by atoms with Crippen molar-refractivity contribution in [3.8, 4) is 11.6 Å². The van der Waals surface area contributed by atoms with Crippen LogP contribution >= 0.6 is 0 Å². The van der Waals surface area contributed by atoms with E-state index in [9.17, 15) is 26.7 Å². The molecule has 0 radical (unpaired) electrons. The van der Waals surface area contributed by atoms with Crippen LogP contribution in [-0.2, 0) is 26.5 Å². The summed E-state index contributed by atoms with van der Waals surface area (Å²) < 4.78 is 62.0. The van der Waals surface area contributed by atoms with Gasteiger partial charge < -0.3 is 15.2 Å². The minimum atomic E-state index is -4.37. The quantitative estimate of drug-likeness (QED) is 0.328. The highest BCUT2D eigenvalue weighted by Crippen LogP contribution is 2.33. The second-order valence-corrected chi connectivity index (χ2v) is 11.9. The topological polar surface area (TPSA) is 156 Å². The summed E-state index contributed by atoms with van der Waals surface area (Å²) in [7, 11) is -6.48. The lowest BCUT2D eigenvalue weighted by atomic mass is 10.0. The van der Waals surface area contributed by atoms with Crippen LogP contribution in [0, 0.1) is 0 Å². The molecule has 2 aromatic heterocycles. The number of amidine groups is 1. The molecule has 1 aliphatic rings. The number of ether oxygens (including phenoxy) is 1. The van der Waals surface area contributed by atoms with Crippen molar-refractivity contribution in [3.05, 3.63) is 93.8 Å². The molecule has 13 heteroatoms. The van der Waals surface area contributed by atoms with Gasteiger partial charge in [-0.1, -0.05) is 18.2 Å². The van der Waals surface area contributed by atoms with E-state index in [0.717, 1.165) is 17.9 Å². The molecule has 0 aliphatic carbocycles. The molecule has 0 amide bonds. The fourth-order valence-electron chi connectivity index (χ4n) is 4.28. The molecule has 5 rings (SSSR count). The molecule has 3 heterocycles. The van der Waals surface area contributed by atoms with Gasteiger partial charge in [-0.25, -0.2) is 8.42 Å². The Bertz CT molecular complexity index is 1910. The first-order valence-electron chi connectivity index (χ1n) is 11.2. The molecule has 1 aliphatic heterocycles. The Labute approximate surface area is 218 Å². The van der Waals surface area contributed by atoms with E-state index in [0.29, 0.717) is 16.8 Å². The summed E-state index contributed by atoms with van der Waals surface area (Å²) in [6, 6.07) is 16.1. The first-order valence-corrected chi connectivity index (χ1v) is 14.5. The lowest BCUT2D eigenvalue weighted by Gasteiger charge is -2.21. The number of nitrogens with one attached hydrogen (secondary N) is 2. The standard InChI is InChI=1S/C25H22N4O7S2/c1-36-17-7-5-6-15(12-17)13-18-20-8-3-4-11-29(20)25(31)22(23(18)30)24-26-19-10-9-16(27-37(2,32)33)14-21(19)38(34,35)28-24/h3-12,14,27,31H,13H2,1-2H3,(H,26,28). The van der Waals surface area contributed by atoms with Crippen molar-refractivity contribution in [2.24, 2.45) is 4.40 Å². The van der Waals surface area contributed by atoms with Crippen molar-refractivity contribution in [1.82, 2.24) is 4.40 Å². The Balaban J connectivity index is 1.67. The monoisotopic (exact) mass is 554 g/mol. The van der Waals surface area contributed by atoms with E-state index in [1.807, 2.05) is 6.07 Å². The first kappa shape index (κ1) is 25.3. The number of rotatable bonds is 6. The average Bonchev–Trinajstić information content (AvgIpc) is 2.86. The van der Waals surface area contributed by atoms with Gasteiger partial charge in [-0.3, -0.25) is 13.9 Å². The number of aromatic hydroxyl groups is 1. The number of fused-ring (bicyclic) bond motifs is 2. The maximum atomic E-state index is 13.8. The Morgan fingerprint density at radius 2 is 1.89 bits per heavy atom. The number of pyridine rings is 2. The van der Waals surface area contributed by atoms with Gasteiger partial charge in [0.2, 0.25) is 21.3 Å². The van der Waals surface area contributed by atoms with E-state index < -0.39 is 31.4 Å². The molecular weight excluding hydrogens is 532 g/mol. The summed E-state index contributed by atoms with van der Waals surface area (Å²) in [5.74, 6) is -0.231. The number of hydrogen-bond donors (Lipinski definition) is 3. The van der Waals surface area contributed by atoms with Crippen LogP contribution in [0.2, 0.25) is 0 Å². The molecule has 38 heavy (non-hydrogen) atoms. The molecule has 196 valence electrons. The third kappa shape index (κ3) is 4.68. The van der Waals surface area contributed by atoms with E-state index in [2.05, 4.69) is 14.4 Å². The van der Waals surface area contributed by atoms with Crippen LogP contribution in [0.15, 0.2) is 80.9 Å². The van der Waals surface area contributed by atoms with Crippen LogP contribution in [-0.4, -0.2) is 45.5 Å². The zero-order chi connectivity index (χ0) is 27.2. The highest BCUT2D eigenvalue weighted by atomic mass is 32.2. The Hall–Kier alpha value is -4.36. The van der Waals surface area contributed by atoms with Crippen molar-refractivity contribution in [2.45, 2.75) is 11.3 Å². The summed E-state index contributed by atoms with van der Waals surface area (Å²) in [4.78, 5) is 13.5. The molecular formula is C25H22N4O7S2. The fraction of sp³-hybridized carbons (Fsp3) is 0.120. The van der Waals surface area contributed by atoms with Crippen LogP contribution in [0.4, 0.5) is 11.4 Å². The van der Waals surface area contributed by atoms with E-state index in [1.54, 1.807) is 42.6 Å². The maximum absolute atomic E-state index is 13.8. The van der Waals surface area contributed by atoms with E-state index in [4.69, 9.17) is 4.74 Å². The Morgan fingerprint density at radius 3 is 2.63 bits per heavy atom. The summed E-state index contributed by atoms with van der Waals surface area (Å²) >= 11 is 0. The van der Waals surface area contributed by atoms with Gasteiger partial charge in [0, 0.05) is 23.9 Å². The molecule has 0 saturated heterocycles. The molecule has 0 bridgehead atoms. The molecule has 0 spiro atoms. The summed E-state index contributed by atoms with van der Waals surface area (Å²) in [5, 5.41) is 13.9. The number of anilines is 2. The van der Waals surface area contributed by atoms with Crippen LogP contribution in [0.1, 0.15) is 16.7 Å². The minimum absolute atomic E-state index is 0.0319. The molecule has 4 aromatic rings. The lowest BCUT2D eigenvalue weighted by molar-refractivity contribution is 0.414. The predicted octanol–water partition coefficient (Wildman–Crippen LogP) is 2.54. The fourth-order valence-corrected chi connectivity index (χ4v) is 5.98. The van der Waals surface area contributed by atoms with Gasteiger partial charge >= 0.3 is 0 Å². The summed E-state index contributed by atoms with van der Waals surface area (Å²) in [6.07, 6.45) is 2.67. The predicted molar refractivity (Wildman–Crippen MR) is 143 cm³/mol. The van der Waals surface area contributed by atoms with Crippen molar-refractivity contribution < 1.29 is 26.7 Å². The van der Waals surface area contributed by atoms with Crippen LogP contribution in [0.5, 0.6) is 11.6 Å². The molecule has 0 unspecified atom stereocenters. The average molecular weight is 555 g/mol. The van der Waals surface area contributed by atoms with Gasteiger partial charge in [0.05, 0.1) is 24.6 Å². The van der Waals surface area contributed by atoms with Gasteiger partial charge in [0.25, 0.3) is 10.0 Å². The lowest BCUT2D eigenvalue weighted by Crippen LogP contribution is -2.30. The molecule has 11 nitrogen and oxygen atoms in total. The molecule has 0 fully saturated rings. The maximum Gasteiger partial charge on any atom is 0.286 e. The minimum Gasteiger partial charge on any atom is -0.497 e. The molecule has 0 atom stereocenters. The third-order valence-corrected chi connectivity index (χ3v) is 7.82. The Morgan fingerprint density at radius 1 is 1.11 bits per heavy atom. The van der Waals surface area contributed by atoms with Crippen molar-refractivity contribution >= 4 is 42.8 Å². The van der Waals surface area contributed by atoms with Crippen LogP contribution in [0.3, 0.4) is 0 Å². The van der Waals surface area contributed by atoms with Crippen LogP contribution in [0.25, 0.3) is 5.52 Å². The van der Waals surface area contributed by atoms with Gasteiger partial charge in [-0.2, -0.15) is 8.42 Å². The van der Waals surface area contributed by atoms with Crippen molar-refractivity contribution in [3.63, 3.8) is 0 Å². The van der Waals surface area contributed by atoms with E-state index >= 15 is 0 Å². The van der Waals surface area contributed by atoms with Gasteiger partial charge in [0.1, 0.15) is 16.2 Å². The van der Waals surface area contributed by atoms with Crippen molar-refractivity contribution in [1.29, 1.82) is 0 Å². The Kier molecular flexibility index (Phi) is 6.12. The zero-order valence-corrected chi connectivity index (χ0v) is 21.8. The molecule has 3 N–H and O–H groups in total. The molecule has 2 aromatic carbocycles. The number of methoxy groups -OCH3 is 1. The number of hydrogen-bond acceptors (Lipinski definition) is 8. The normalized spacial score (nSPS) is 14.3. The number of aromatic nitrogens is 1. The van der Waals surface area contributed by atoms with Gasteiger partial charge in [0.15, 0.2) is 5.84 Å². The third-order valence-electron chi connectivity index (χ3n) is 5.90. The van der Waals surface area contributed by atoms with E-state index in [-0.39, 0.29) is 34.1 Å². The second kappa shape index (κ2) is 9.19. The van der Waals surface area contributed by atoms with Crippen molar-refractivity contribution in [2.75, 3.05) is 23.4 Å². The second-order valence-electron chi connectivity index (χ2n) is 8.62. The highest BCUT2D eigenvalue weighted by Gasteiger charge is 2.30. The highest BCUT2D eigenvalue weighted by molar-refractivity contribution is 7.92. The van der Waals surface area contributed by atoms with Gasteiger partial charge in [-0.05, 0) is 48.0 Å². The van der Waals surface area contributed by atoms with Crippen LogP contribution < -0.4 is 20.2 Å². The first-order chi connectivity index (χ1) is 18.0. The molecule has 0 saturated carbocycles. The SMILES string of the molecule is COc1cccc(Cc2c(=O)c(C3=NS(=O)(=O)c4cc(NS(C)(=O)=O)ccc4N3)c(O)n3ccccc23)c1. The number of nitrogens with zero attached hydrogens (tertiary/aromatic N) is 2. The smallest absolute Gasteiger partial charge is 0.286 e. The van der Waals surface area contributed by atoms with Gasteiger partial charge in [-0.15, -0.1) is 4.40 Å². The van der Waals surface area contributed by atoms with E-state index in [1.165, 1.54) is 23.6 Å². The number of benzene rings is 2. The largest absolute Gasteiger partial charge is 0.497 e. The zero-order valence-electron chi connectivity index (χ0n) is 20.2.